The molecule has 0 spiro atoms. The number of para-hydroxylation sites is 1. The molecule has 3 heterocycles. The van der Waals surface area contributed by atoms with Crippen LogP contribution in [0.5, 0.6) is 0 Å². The number of halogens is 1. The summed E-state index contributed by atoms with van der Waals surface area (Å²) in [6, 6.07) is 11.6. The quantitative estimate of drug-likeness (QED) is 0.124. The van der Waals surface area contributed by atoms with Crippen LogP contribution < -0.4 is 10.9 Å². The highest BCUT2D eigenvalue weighted by atomic mass is 35.5. The topological polar surface area (TPSA) is 133 Å². The number of nitrogens with zero attached hydrogens (tertiary/aromatic N) is 5. The van der Waals surface area contributed by atoms with Gasteiger partial charge in [-0.05, 0) is 85.4 Å². The average Bonchev–Trinajstić information content (AvgIpc) is 3.51. The van der Waals surface area contributed by atoms with E-state index in [1.165, 1.54) is 6.19 Å². The number of aromatic nitrogens is 3. The number of aliphatic imine (C=N–C) groups is 1. The van der Waals surface area contributed by atoms with Crippen LogP contribution >= 0.6 is 11.6 Å². The molecule has 0 saturated carbocycles. The lowest BCUT2D eigenvalue weighted by atomic mass is 9.89. The zero-order valence-electron chi connectivity index (χ0n) is 26.6. The molecule has 3 N–H and O–H groups in total. The Morgan fingerprint density at radius 3 is 2.67 bits per heavy atom. The Morgan fingerprint density at radius 2 is 2.00 bits per heavy atom. The van der Waals surface area contributed by atoms with Gasteiger partial charge in [-0.15, -0.1) is 0 Å². The highest BCUT2D eigenvalue weighted by molar-refractivity contribution is 6.35. The molecule has 0 bridgehead atoms. The highest BCUT2D eigenvalue weighted by Gasteiger charge is 2.24. The van der Waals surface area contributed by atoms with Gasteiger partial charge in [0.2, 0.25) is 6.19 Å². The van der Waals surface area contributed by atoms with Gasteiger partial charge in [0, 0.05) is 42.9 Å². The Bertz CT molecular complexity index is 1710. The summed E-state index contributed by atoms with van der Waals surface area (Å²) in [6.45, 7) is 13.6. The van der Waals surface area contributed by atoms with Crippen molar-refractivity contribution in [1.29, 1.82) is 5.26 Å². The molecule has 0 unspecified atom stereocenters. The average molecular weight is 631 g/mol. The van der Waals surface area contributed by atoms with Crippen LogP contribution in [-0.2, 0) is 17.8 Å². The van der Waals surface area contributed by atoms with Crippen LogP contribution in [0.3, 0.4) is 0 Å². The lowest BCUT2D eigenvalue weighted by Crippen LogP contribution is -2.45. The van der Waals surface area contributed by atoms with Crippen LogP contribution in [0.2, 0.25) is 5.02 Å². The van der Waals surface area contributed by atoms with E-state index in [4.69, 9.17) is 16.9 Å². The van der Waals surface area contributed by atoms with Crippen molar-refractivity contribution in [1.82, 2.24) is 30.3 Å². The molecule has 11 heteroatoms. The fourth-order valence-electron chi connectivity index (χ4n) is 6.21. The van der Waals surface area contributed by atoms with Crippen molar-refractivity contribution in [2.45, 2.75) is 58.5 Å². The number of benzene rings is 2. The van der Waals surface area contributed by atoms with Crippen molar-refractivity contribution in [2.24, 2.45) is 10.4 Å². The summed E-state index contributed by atoms with van der Waals surface area (Å²) < 4.78 is 0. The van der Waals surface area contributed by atoms with Crippen LogP contribution in [0, 0.1) is 16.9 Å². The van der Waals surface area contributed by atoms with E-state index in [0.717, 1.165) is 83.8 Å². The molecule has 1 saturated heterocycles. The highest BCUT2D eigenvalue weighted by Crippen LogP contribution is 2.31. The number of aromatic amines is 2. The lowest BCUT2D eigenvalue weighted by molar-refractivity contribution is -0.109. The van der Waals surface area contributed by atoms with Crippen LogP contribution in [0.25, 0.3) is 21.8 Å². The summed E-state index contributed by atoms with van der Waals surface area (Å²) in [4.78, 5) is 35.4. The minimum Gasteiger partial charge on any atom is -0.322 e. The van der Waals surface area contributed by atoms with Crippen LogP contribution in [0.15, 0.2) is 52.4 Å². The Balaban J connectivity index is 0.00000109. The van der Waals surface area contributed by atoms with Gasteiger partial charge in [0.05, 0.1) is 22.8 Å². The fourth-order valence-corrected chi connectivity index (χ4v) is 6.48. The summed E-state index contributed by atoms with van der Waals surface area (Å²) in [5.41, 5.74) is 4.97. The second kappa shape index (κ2) is 15.4. The molecule has 5 rings (SSSR count). The standard InChI is InChI=1S/C32H41ClN6O2.C2H2N2/c1-32(2,3)19-38(4)17-27-23(15-28(33)30-26(27)16-35-37-30)13-24(18-40)34-20-39-11-9-21(10-12-39)25-14-22-7-5-6-8-29(22)36-31(25)41;1-4-2-3/h5-8,14-16,18,21,24,34H,9-13,17,19-20H2,1-4H3,(H,35,37)(H,36,41);1H2/t24-;/m1./s1. The number of hydrogen-bond donors (Lipinski definition) is 3. The molecule has 10 nitrogen and oxygen atoms in total. The molecule has 0 amide bonds. The number of piperidine rings is 1. The molecule has 4 aromatic rings. The maximum atomic E-state index is 12.8. The third-order valence-electron chi connectivity index (χ3n) is 8.13. The summed E-state index contributed by atoms with van der Waals surface area (Å²) in [7, 11) is 2.13. The first kappa shape index (κ1) is 34.0. The van der Waals surface area contributed by atoms with E-state index in [0.29, 0.717) is 18.1 Å². The molecule has 1 atom stereocenters. The molecule has 1 aliphatic heterocycles. The molecule has 2 aromatic heterocycles. The SMILES string of the molecule is C=NC#N.CN(Cc1c(C[C@H](C=O)NCN2CCC(c3cc4ccccc4[nH]c3=O)CC2)cc(Cl)c2[nH]ncc12)CC(C)(C)C. The molecule has 2 aromatic carbocycles. The predicted molar refractivity (Wildman–Crippen MR) is 182 cm³/mol. The van der Waals surface area contributed by atoms with Crippen molar-refractivity contribution in [3.63, 3.8) is 0 Å². The van der Waals surface area contributed by atoms with Gasteiger partial charge in [0.1, 0.15) is 6.29 Å². The first-order valence-electron chi connectivity index (χ1n) is 15.2. The van der Waals surface area contributed by atoms with Gasteiger partial charge >= 0.3 is 0 Å². The minimum absolute atomic E-state index is 0.0125. The number of nitriles is 1. The zero-order valence-corrected chi connectivity index (χ0v) is 27.3. The number of H-pyrrole nitrogens is 2. The summed E-state index contributed by atoms with van der Waals surface area (Å²) in [5.74, 6) is 0.234. The monoisotopic (exact) mass is 630 g/mol. The maximum Gasteiger partial charge on any atom is 0.251 e. The number of likely N-dealkylation sites (tertiary alicyclic amines) is 1. The fraction of sp³-hybridized carbons (Fsp3) is 0.441. The Labute approximate surface area is 269 Å². The minimum atomic E-state index is -0.344. The van der Waals surface area contributed by atoms with Crippen molar-refractivity contribution in [3.8, 4) is 6.19 Å². The van der Waals surface area contributed by atoms with Gasteiger partial charge in [-0.2, -0.15) is 15.4 Å². The molecule has 1 fully saturated rings. The number of carbonyl (C=O) groups excluding carboxylic acids is 1. The molecular weight excluding hydrogens is 588 g/mol. The van der Waals surface area contributed by atoms with E-state index < -0.39 is 0 Å². The summed E-state index contributed by atoms with van der Waals surface area (Å²) in [6.07, 6.45) is 6.64. The predicted octanol–water partition coefficient (Wildman–Crippen LogP) is 5.24. The molecule has 1 aliphatic rings. The van der Waals surface area contributed by atoms with Gasteiger partial charge in [0.25, 0.3) is 5.56 Å². The van der Waals surface area contributed by atoms with Crippen LogP contribution in [0.1, 0.15) is 56.2 Å². The Kier molecular flexibility index (Phi) is 11.6. The van der Waals surface area contributed by atoms with E-state index in [1.807, 2.05) is 42.6 Å². The lowest BCUT2D eigenvalue weighted by Gasteiger charge is -2.32. The third-order valence-corrected chi connectivity index (χ3v) is 8.42. The smallest absolute Gasteiger partial charge is 0.251 e. The second-order valence-electron chi connectivity index (χ2n) is 13.0. The van der Waals surface area contributed by atoms with Crippen LogP contribution in [0.4, 0.5) is 0 Å². The number of aldehydes is 1. The molecule has 0 radical (unpaired) electrons. The van der Waals surface area contributed by atoms with Crippen molar-refractivity contribution in [3.05, 3.63) is 74.7 Å². The van der Waals surface area contributed by atoms with Crippen molar-refractivity contribution >= 4 is 46.4 Å². The number of pyridine rings is 1. The number of nitrogens with one attached hydrogen (secondary N) is 3. The van der Waals surface area contributed by atoms with E-state index in [9.17, 15) is 9.59 Å². The summed E-state index contributed by atoms with van der Waals surface area (Å²) >= 11 is 6.63. The van der Waals surface area contributed by atoms with E-state index >= 15 is 0 Å². The van der Waals surface area contributed by atoms with E-state index in [2.05, 4.69) is 69.8 Å². The normalized spacial score (nSPS) is 15.0. The largest absolute Gasteiger partial charge is 0.322 e. The van der Waals surface area contributed by atoms with Gasteiger partial charge in [-0.25, -0.2) is 0 Å². The number of carbonyl (C=O) groups is 1. The second-order valence-corrected chi connectivity index (χ2v) is 13.4. The first-order chi connectivity index (χ1) is 21.5. The molecule has 45 heavy (non-hydrogen) atoms. The number of rotatable bonds is 10. The van der Waals surface area contributed by atoms with E-state index in [1.54, 1.807) is 0 Å². The zero-order chi connectivity index (χ0) is 32.6. The number of fused-ring (bicyclic) bond motifs is 2. The van der Waals surface area contributed by atoms with Crippen molar-refractivity contribution < 1.29 is 4.79 Å². The maximum absolute atomic E-state index is 12.8. The van der Waals surface area contributed by atoms with Crippen molar-refractivity contribution in [2.75, 3.05) is 33.4 Å². The Morgan fingerprint density at radius 1 is 1.29 bits per heavy atom. The van der Waals surface area contributed by atoms with Gasteiger partial charge in [-0.3, -0.25) is 20.1 Å². The molecule has 0 aliphatic carbocycles. The van der Waals surface area contributed by atoms with E-state index in [-0.39, 0.29) is 22.9 Å². The van der Waals surface area contributed by atoms with Crippen LogP contribution in [-0.4, -0.2) is 77.4 Å². The van der Waals surface area contributed by atoms with Gasteiger partial charge in [-0.1, -0.05) is 50.6 Å². The summed E-state index contributed by atoms with van der Waals surface area (Å²) in [5, 5.41) is 20.8. The Hall–Kier alpha value is -3.88. The third kappa shape index (κ3) is 9.08. The van der Waals surface area contributed by atoms with Gasteiger partial charge in [0.15, 0.2) is 0 Å². The molecule has 238 valence electrons. The van der Waals surface area contributed by atoms with Gasteiger partial charge < -0.3 is 14.7 Å². The molecular formula is C34H43ClN8O2. The first-order valence-corrected chi connectivity index (χ1v) is 15.6. The number of hydrogen-bond acceptors (Lipinski definition) is 8.